The number of allylic oxidation sites excluding steroid dienone is 3. The van der Waals surface area contributed by atoms with E-state index in [1.165, 1.54) is 25.7 Å². The number of rotatable bonds is 9. The number of carbonyl (C=O) groups excluding carboxylic acids is 1. The molecular weight excluding hydrogens is 689 g/mol. The van der Waals surface area contributed by atoms with Gasteiger partial charge in [-0.25, -0.2) is 8.78 Å². The Kier molecular flexibility index (Phi) is 11.1. The third-order valence-corrected chi connectivity index (χ3v) is 12.5. The summed E-state index contributed by atoms with van der Waals surface area (Å²) in [4.78, 5) is 18.9. The van der Waals surface area contributed by atoms with Gasteiger partial charge in [-0.2, -0.15) is 5.10 Å². The zero-order valence-electron chi connectivity index (χ0n) is 32.1. The number of hydrogen-bond donors (Lipinski definition) is 4. The number of aryl methyl sites for hydroxylation is 2. The lowest BCUT2D eigenvalue weighted by molar-refractivity contribution is -0.128. The molecule has 6 N–H and O–H groups in total. The quantitative estimate of drug-likeness (QED) is 0.105. The lowest BCUT2D eigenvalue weighted by Crippen LogP contribution is -2.56. The molecule has 1 spiro atoms. The van der Waals surface area contributed by atoms with Crippen molar-refractivity contribution in [2.24, 2.45) is 23.9 Å². The first kappa shape index (κ1) is 37.9. The van der Waals surface area contributed by atoms with Crippen LogP contribution in [0.3, 0.4) is 0 Å². The third-order valence-electron chi connectivity index (χ3n) is 12.5. The molecule has 1 aromatic carbocycles. The standard InChI is InChI=1S/C41H57F2N9O2/c1-26(44)6-7-38(45)54-32-8-13-41(14-9-32)21-31(22-41)50-16-10-30(11-17-50)48-36-12-18-51(27(2)53)25-35(36)40(46)52-15-4-5-28-19-33(29-23-47-49(3)24-29)34(39(42)43)20-37(28)52/h6-7,19-20,23-24,30-32,39,46,48H,4-5,8-18,21-22,25,44-45H2,1-3H3/b26-6-,38-7+,46-40?. The van der Waals surface area contributed by atoms with Crippen LogP contribution in [0.2, 0.25) is 0 Å². The van der Waals surface area contributed by atoms with Gasteiger partial charge in [0.2, 0.25) is 5.91 Å². The molecule has 4 heterocycles. The van der Waals surface area contributed by atoms with E-state index in [-0.39, 0.29) is 29.5 Å². The van der Waals surface area contributed by atoms with Crippen molar-refractivity contribution in [1.29, 1.82) is 5.41 Å². The highest BCUT2D eigenvalue weighted by Crippen LogP contribution is 2.54. The maximum absolute atomic E-state index is 14.5. The monoisotopic (exact) mass is 745 g/mol. The molecule has 11 nitrogen and oxygen atoms in total. The number of amidine groups is 1. The highest BCUT2D eigenvalue weighted by molar-refractivity contribution is 6.09. The van der Waals surface area contributed by atoms with Gasteiger partial charge in [0, 0.05) is 98.6 Å². The van der Waals surface area contributed by atoms with Crippen LogP contribution in [-0.2, 0) is 23.0 Å². The fourth-order valence-corrected chi connectivity index (χ4v) is 9.47. The van der Waals surface area contributed by atoms with Gasteiger partial charge in [0.05, 0.1) is 12.7 Å². The lowest BCUT2D eigenvalue weighted by atomic mass is 9.57. The second-order valence-electron chi connectivity index (χ2n) is 16.3. The summed E-state index contributed by atoms with van der Waals surface area (Å²) >= 11 is 0. The predicted octanol–water partition coefficient (Wildman–Crippen LogP) is 6.09. The van der Waals surface area contributed by atoms with E-state index in [9.17, 15) is 19.0 Å². The van der Waals surface area contributed by atoms with E-state index in [0.29, 0.717) is 65.9 Å². The van der Waals surface area contributed by atoms with Gasteiger partial charge in [0.25, 0.3) is 6.43 Å². The van der Waals surface area contributed by atoms with E-state index in [1.54, 1.807) is 54.2 Å². The van der Waals surface area contributed by atoms with Crippen molar-refractivity contribution in [3.8, 4) is 11.1 Å². The Hall–Kier alpha value is -4.39. The van der Waals surface area contributed by atoms with Gasteiger partial charge in [-0.15, -0.1) is 0 Å². The Balaban J connectivity index is 0.992. The molecular formula is C41H57F2N9O2. The van der Waals surface area contributed by atoms with Crippen LogP contribution in [-0.4, -0.2) is 82.2 Å². The van der Waals surface area contributed by atoms with Crippen molar-refractivity contribution in [3.63, 3.8) is 0 Å². The number of amides is 1. The maximum atomic E-state index is 14.5. The van der Waals surface area contributed by atoms with Gasteiger partial charge in [-0.05, 0) is 112 Å². The summed E-state index contributed by atoms with van der Waals surface area (Å²) in [5.41, 5.74) is 17.4. The van der Waals surface area contributed by atoms with Crippen molar-refractivity contribution in [2.75, 3.05) is 37.6 Å². The average Bonchev–Trinajstić information content (AvgIpc) is 3.58. The topological polar surface area (TPSA) is 142 Å². The van der Waals surface area contributed by atoms with Gasteiger partial charge in [-0.3, -0.25) is 14.9 Å². The first-order valence-electron chi connectivity index (χ1n) is 19.7. The number of likely N-dealkylation sites (tertiary alicyclic amines) is 1. The molecule has 0 atom stereocenters. The van der Waals surface area contributed by atoms with Crippen LogP contribution in [0.25, 0.3) is 11.1 Å². The molecule has 1 saturated heterocycles. The average molecular weight is 746 g/mol. The molecule has 1 amide bonds. The predicted molar refractivity (Wildman–Crippen MR) is 208 cm³/mol. The van der Waals surface area contributed by atoms with Crippen LogP contribution >= 0.6 is 0 Å². The number of nitrogens with zero attached hydrogens (tertiary/aromatic N) is 5. The molecule has 2 saturated carbocycles. The Morgan fingerprint density at radius 2 is 1.80 bits per heavy atom. The highest BCUT2D eigenvalue weighted by Gasteiger charge is 2.48. The second-order valence-corrected chi connectivity index (χ2v) is 16.3. The maximum Gasteiger partial charge on any atom is 0.264 e. The minimum atomic E-state index is -2.68. The Bertz CT molecular complexity index is 1810. The van der Waals surface area contributed by atoms with Crippen molar-refractivity contribution < 1.29 is 18.3 Å². The number of halogens is 2. The van der Waals surface area contributed by atoms with E-state index >= 15 is 0 Å². The number of aromatic nitrogens is 2. The van der Waals surface area contributed by atoms with Gasteiger partial charge in [0.1, 0.15) is 11.9 Å². The van der Waals surface area contributed by atoms with Crippen LogP contribution in [0.5, 0.6) is 0 Å². The van der Waals surface area contributed by atoms with Gasteiger partial charge < -0.3 is 36.2 Å². The molecule has 3 fully saturated rings. The van der Waals surface area contributed by atoms with E-state index < -0.39 is 6.43 Å². The molecule has 292 valence electrons. The SMILES string of the molecule is CC(=O)N1CCC(NC2CCN(C3CC4(CCC(O/C(N)=C/C=C(/C)N)CC4)C3)CC2)=C(C(=N)N2CCCc3cc(-c4cnn(C)c4)c(C(F)F)cc32)C1. The summed E-state index contributed by atoms with van der Waals surface area (Å²) in [7, 11) is 1.78. The fourth-order valence-electron chi connectivity index (χ4n) is 9.47. The number of carbonyl (C=O) groups is 1. The van der Waals surface area contributed by atoms with Crippen molar-refractivity contribution in [3.05, 3.63) is 70.7 Å². The summed E-state index contributed by atoms with van der Waals surface area (Å²) in [6.45, 7) is 6.96. The lowest BCUT2D eigenvalue weighted by Gasteiger charge is -2.55. The second kappa shape index (κ2) is 15.8. The Labute approximate surface area is 317 Å². The summed E-state index contributed by atoms with van der Waals surface area (Å²) in [5.74, 6) is 0.698. The molecule has 3 aliphatic heterocycles. The molecule has 7 rings (SSSR count). The van der Waals surface area contributed by atoms with Gasteiger partial charge in [0.15, 0.2) is 5.88 Å². The van der Waals surface area contributed by atoms with Crippen molar-refractivity contribution in [1.82, 2.24) is 24.9 Å². The van der Waals surface area contributed by atoms with Crippen LogP contribution in [0.1, 0.15) is 95.6 Å². The number of piperidine rings is 1. The van der Waals surface area contributed by atoms with Crippen LogP contribution in [0.4, 0.5) is 14.5 Å². The highest BCUT2D eigenvalue weighted by atomic mass is 19.3. The van der Waals surface area contributed by atoms with Crippen LogP contribution in [0, 0.1) is 10.8 Å². The normalized spacial score (nSPS) is 25.9. The molecule has 54 heavy (non-hydrogen) atoms. The minimum absolute atomic E-state index is 0.0249. The van der Waals surface area contributed by atoms with E-state index in [1.807, 2.05) is 17.9 Å². The first-order chi connectivity index (χ1) is 25.9. The number of alkyl halides is 2. The summed E-state index contributed by atoms with van der Waals surface area (Å²) in [6, 6.07) is 4.34. The van der Waals surface area contributed by atoms with E-state index in [4.69, 9.17) is 16.2 Å². The zero-order chi connectivity index (χ0) is 38.1. The summed E-state index contributed by atoms with van der Waals surface area (Å²) < 4.78 is 36.7. The molecule has 2 aliphatic carbocycles. The smallest absolute Gasteiger partial charge is 0.264 e. The first-order valence-corrected chi connectivity index (χ1v) is 19.7. The molecule has 5 aliphatic rings. The third kappa shape index (κ3) is 8.16. The number of ether oxygens (including phenoxy) is 1. The zero-order valence-corrected chi connectivity index (χ0v) is 32.1. The Morgan fingerprint density at radius 3 is 2.44 bits per heavy atom. The van der Waals surface area contributed by atoms with Gasteiger partial charge >= 0.3 is 0 Å². The molecule has 0 radical (unpaired) electrons. The van der Waals surface area contributed by atoms with Crippen LogP contribution < -0.4 is 21.7 Å². The van der Waals surface area contributed by atoms with Crippen molar-refractivity contribution in [2.45, 2.75) is 109 Å². The minimum Gasteiger partial charge on any atom is -0.476 e. The molecule has 1 aromatic heterocycles. The number of anilines is 1. The summed E-state index contributed by atoms with van der Waals surface area (Å²) in [6.07, 6.45) is 15.6. The number of nitrogens with one attached hydrogen (secondary N) is 2. The van der Waals surface area contributed by atoms with Crippen molar-refractivity contribution >= 4 is 17.4 Å². The number of hydrogen-bond acceptors (Lipinski definition) is 8. The number of fused-ring (bicyclic) bond motifs is 1. The molecule has 13 heteroatoms. The Morgan fingerprint density at radius 1 is 1.06 bits per heavy atom. The fraction of sp³-hybridized carbons (Fsp3) is 0.585. The van der Waals surface area contributed by atoms with E-state index in [2.05, 4.69) is 15.3 Å². The summed E-state index contributed by atoms with van der Waals surface area (Å²) in [5, 5.41) is 17.6. The van der Waals surface area contributed by atoms with Gasteiger partial charge in [-0.1, -0.05) is 0 Å². The number of nitrogens with two attached hydrogens (primary N) is 2. The molecule has 0 unspecified atom stereocenters. The largest absolute Gasteiger partial charge is 0.476 e. The molecule has 0 bridgehead atoms. The van der Waals surface area contributed by atoms with E-state index in [0.717, 1.165) is 68.4 Å². The number of benzene rings is 1. The molecule has 2 aromatic rings. The van der Waals surface area contributed by atoms with Crippen LogP contribution in [0.15, 0.2) is 59.5 Å².